The van der Waals surface area contributed by atoms with Gasteiger partial charge in [-0.15, -0.1) is 11.8 Å². The molecule has 3 heteroatoms. The Morgan fingerprint density at radius 1 is 1.41 bits per heavy atom. The normalized spacial score (nSPS) is 22.2. The summed E-state index contributed by atoms with van der Waals surface area (Å²) in [6.45, 7) is 2.96. The zero-order chi connectivity index (χ0) is 12.1. The Morgan fingerprint density at radius 2 is 2.18 bits per heavy atom. The summed E-state index contributed by atoms with van der Waals surface area (Å²) in [7, 11) is 0. The highest BCUT2D eigenvalue weighted by Crippen LogP contribution is 2.45. The Bertz CT molecular complexity index is 366. The molecule has 0 spiro atoms. The zero-order valence-corrected chi connectivity index (χ0v) is 11.0. The lowest BCUT2D eigenvalue weighted by atomic mass is 10.3. The van der Waals surface area contributed by atoms with E-state index in [1.165, 1.54) is 4.90 Å². The first-order chi connectivity index (χ1) is 8.31. The van der Waals surface area contributed by atoms with Crippen molar-refractivity contribution in [2.75, 3.05) is 6.54 Å². The fourth-order valence-corrected chi connectivity index (χ4v) is 3.03. The van der Waals surface area contributed by atoms with Gasteiger partial charge in [-0.05, 0) is 25.0 Å². The maximum Gasteiger partial charge on any atom is 0.224 e. The second kappa shape index (κ2) is 6.10. The van der Waals surface area contributed by atoms with Crippen molar-refractivity contribution in [1.82, 2.24) is 5.32 Å². The van der Waals surface area contributed by atoms with Gasteiger partial charge in [-0.25, -0.2) is 0 Å². The second-order valence-electron chi connectivity index (χ2n) is 4.46. The molecule has 0 aromatic heterocycles. The number of nitrogens with one attached hydrogen (secondary N) is 1. The summed E-state index contributed by atoms with van der Waals surface area (Å²) in [5.74, 6) is 0.476. The number of benzene rings is 1. The third-order valence-electron chi connectivity index (χ3n) is 2.93. The van der Waals surface area contributed by atoms with Crippen LogP contribution >= 0.6 is 11.8 Å². The van der Waals surface area contributed by atoms with Gasteiger partial charge in [0.25, 0.3) is 0 Å². The third-order valence-corrected chi connectivity index (χ3v) is 4.30. The van der Waals surface area contributed by atoms with Crippen molar-refractivity contribution >= 4 is 17.7 Å². The zero-order valence-electron chi connectivity index (χ0n) is 10.2. The molecule has 1 aliphatic carbocycles. The van der Waals surface area contributed by atoms with Crippen LogP contribution in [-0.4, -0.2) is 17.7 Å². The summed E-state index contributed by atoms with van der Waals surface area (Å²) in [5, 5.41) is 3.49. The topological polar surface area (TPSA) is 29.1 Å². The van der Waals surface area contributed by atoms with Crippen LogP contribution in [0.15, 0.2) is 35.2 Å². The van der Waals surface area contributed by atoms with Gasteiger partial charge in [0.2, 0.25) is 5.91 Å². The molecular formula is C14H19NOS. The lowest BCUT2D eigenvalue weighted by Gasteiger charge is -2.03. The van der Waals surface area contributed by atoms with Gasteiger partial charge in [0.1, 0.15) is 0 Å². The fraction of sp³-hybridized carbons (Fsp3) is 0.500. The molecule has 1 fully saturated rings. The number of amides is 1. The molecule has 2 rings (SSSR count). The molecule has 0 unspecified atom stereocenters. The monoisotopic (exact) mass is 249 g/mol. The van der Waals surface area contributed by atoms with Crippen molar-refractivity contribution in [3.63, 3.8) is 0 Å². The van der Waals surface area contributed by atoms with Crippen LogP contribution in [0.2, 0.25) is 0 Å². The number of hydrogen-bond donors (Lipinski definition) is 1. The van der Waals surface area contributed by atoms with Crippen LogP contribution in [0.25, 0.3) is 0 Å². The average molecular weight is 249 g/mol. The van der Waals surface area contributed by atoms with Crippen molar-refractivity contribution in [1.29, 1.82) is 0 Å². The molecule has 0 saturated heterocycles. The quantitative estimate of drug-likeness (QED) is 0.785. The average Bonchev–Trinajstić information content (AvgIpc) is 3.10. The number of carbonyl (C=O) groups excluding carboxylic acids is 1. The van der Waals surface area contributed by atoms with E-state index in [9.17, 15) is 4.79 Å². The van der Waals surface area contributed by atoms with Gasteiger partial charge >= 0.3 is 0 Å². The Hall–Kier alpha value is -0.960. The summed E-state index contributed by atoms with van der Waals surface area (Å²) < 4.78 is 0. The smallest absolute Gasteiger partial charge is 0.224 e. The van der Waals surface area contributed by atoms with Crippen LogP contribution in [-0.2, 0) is 4.79 Å². The summed E-state index contributed by atoms with van der Waals surface area (Å²) in [4.78, 5) is 13.0. The maximum atomic E-state index is 11.8. The highest BCUT2D eigenvalue weighted by molar-refractivity contribution is 8.00. The Labute approximate surface area is 107 Å². The molecule has 1 aliphatic rings. The van der Waals surface area contributed by atoms with Crippen LogP contribution in [0, 0.1) is 5.92 Å². The molecular weight excluding hydrogens is 230 g/mol. The molecule has 2 atom stereocenters. The van der Waals surface area contributed by atoms with Crippen LogP contribution < -0.4 is 5.32 Å². The summed E-state index contributed by atoms with van der Waals surface area (Å²) >= 11 is 1.82. The minimum Gasteiger partial charge on any atom is -0.356 e. The van der Waals surface area contributed by atoms with Gasteiger partial charge in [-0.3, -0.25) is 4.79 Å². The number of unbranched alkanes of at least 4 members (excludes halogenated alkanes) is 1. The van der Waals surface area contributed by atoms with E-state index in [2.05, 4.69) is 24.4 Å². The highest BCUT2D eigenvalue weighted by atomic mass is 32.2. The van der Waals surface area contributed by atoms with Crippen molar-refractivity contribution in [2.45, 2.75) is 36.3 Å². The van der Waals surface area contributed by atoms with Gasteiger partial charge in [-0.2, -0.15) is 0 Å². The Kier molecular flexibility index (Phi) is 4.49. The summed E-state index contributed by atoms with van der Waals surface area (Å²) in [5.41, 5.74) is 0. The summed E-state index contributed by atoms with van der Waals surface area (Å²) in [6.07, 6.45) is 3.24. The van der Waals surface area contributed by atoms with Crippen LogP contribution in [0.1, 0.15) is 26.2 Å². The molecule has 1 aromatic carbocycles. The van der Waals surface area contributed by atoms with E-state index in [1.807, 2.05) is 30.0 Å². The molecule has 17 heavy (non-hydrogen) atoms. The standard InChI is InChI=1S/C14H19NOS/c1-2-3-9-15-14(16)12-10-13(12)17-11-7-5-4-6-8-11/h4-8,12-13H,2-3,9-10H2,1H3,(H,15,16)/t12-,13+/m0/s1. The highest BCUT2D eigenvalue weighted by Gasteiger charge is 2.43. The summed E-state index contributed by atoms with van der Waals surface area (Å²) in [6, 6.07) is 10.3. The first kappa shape index (κ1) is 12.5. The fourth-order valence-electron chi connectivity index (χ4n) is 1.77. The molecule has 0 bridgehead atoms. The largest absolute Gasteiger partial charge is 0.356 e. The molecule has 0 heterocycles. The molecule has 1 aromatic rings. The predicted octanol–water partition coefficient (Wildman–Crippen LogP) is 3.08. The number of thioether (sulfide) groups is 1. The van der Waals surface area contributed by atoms with Crippen molar-refractivity contribution in [2.24, 2.45) is 5.92 Å². The molecule has 0 radical (unpaired) electrons. The lowest BCUT2D eigenvalue weighted by molar-refractivity contribution is -0.122. The van der Waals surface area contributed by atoms with Crippen molar-refractivity contribution < 1.29 is 4.79 Å². The van der Waals surface area contributed by atoms with Crippen LogP contribution in [0.3, 0.4) is 0 Å². The van der Waals surface area contributed by atoms with Gasteiger partial charge < -0.3 is 5.32 Å². The van der Waals surface area contributed by atoms with E-state index in [-0.39, 0.29) is 11.8 Å². The van der Waals surface area contributed by atoms with E-state index in [0.717, 1.165) is 25.8 Å². The number of rotatable bonds is 6. The molecule has 2 nitrogen and oxygen atoms in total. The van der Waals surface area contributed by atoms with E-state index >= 15 is 0 Å². The maximum absolute atomic E-state index is 11.8. The predicted molar refractivity (Wildman–Crippen MR) is 72.1 cm³/mol. The van der Waals surface area contributed by atoms with Gasteiger partial charge in [-0.1, -0.05) is 31.5 Å². The van der Waals surface area contributed by atoms with Crippen molar-refractivity contribution in [3.05, 3.63) is 30.3 Å². The van der Waals surface area contributed by atoms with E-state index in [4.69, 9.17) is 0 Å². The SMILES string of the molecule is CCCCNC(=O)[C@H]1C[C@H]1Sc1ccccc1. The third kappa shape index (κ3) is 3.77. The second-order valence-corrected chi connectivity index (χ2v) is 5.77. The van der Waals surface area contributed by atoms with Crippen molar-refractivity contribution in [3.8, 4) is 0 Å². The minimum absolute atomic E-state index is 0.233. The first-order valence-corrected chi connectivity index (χ1v) is 7.18. The Balaban J connectivity index is 1.71. The lowest BCUT2D eigenvalue weighted by Crippen LogP contribution is -2.26. The van der Waals surface area contributed by atoms with E-state index in [1.54, 1.807) is 0 Å². The first-order valence-electron chi connectivity index (χ1n) is 6.30. The molecule has 1 N–H and O–H groups in total. The van der Waals surface area contributed by atoms with Crippen LogP contribution in [0.4, 0.5) is 0 Å². The number of hydrogen-bond acceptors (Lipinski definition) is 2. The molecule has 1 saturated carbocycles. The molecule has 92 valence electrons. The molecule has 0 aliphatic heterocycles. The number of carbonyl (C=O) groups is 1. The van der Waals surface area contributed by atoms with Gasteiger partial charge in [0.05, 0.1) is 5.92 Å². The van der Waals surface area contributed by atoms with E-state index < -0.39 is 0 Å². The van der Waals surface area contributed by atoms with Gasteiger partial charge in [0.15, 0.2) is 0 Å². The Morgan fingerprint density at radius 3 is 2.88 bits per heavy atom. The minimum atomic E-state index is 0.233. The van der Waals surface area contributed by atoms with E-state index in [0.29, 0.717) is 5.25 Å². The van der Waals surface area contributed by atoms with Gasteiger partial charge in [0, 0.05) is 16.7 Å². The molecule has 1 amide bonds. The van der Waals surface area contributed by atoms with Crippen LogP contribution in [0.5, 0.6) is 0 Å².